The van der Waals surface area contributed by atoms with E-state index >= 15 is 0 Å². The Labute approximate surface area is 113 Å². The van der Waals surface area contributed by atoms with Crippen LogP contribution in [0.25, 0.3) is 10.2 Å². The number of amides is 1. The van der Waals surface area contributed by atoms with Crippen molar-refractivity contribution >= 4 is 42.6 Å². The zero-order valence-corrected chi connectivity index (χ0v) is 11.4. The number of primary sulfonamides is 1. The number of carbonyl (C=O) groups is 1. The Bertz CT molecular complexity index is 763. The minimum Gasteiger partial charge on any atom is -0.302 e. The van der Waals surface area contributed by atoms with E-state index in [1.807, 2.05) is 0 Å². The zero-order chi connectivity index (χ0) is 13.6. The summed E-state index contributed by atoms with van der Waals surface area (Å²) in [6.07, 6.45) is 1.85. The number of nitrogens with one attached hydrogen (secondary N) is 1. The number of benzene rings is 1. The standard InChI is InChI=1S/C11H11N3O3S2/c12-19(16,17)7-3-4-8-9(5-7)18-11(13-8)14-10(15)6-1-2-6/h3-6H,1-2H2,(H2,12,16,17)(H,13,14,15). The van der Waals surface area contributed by atoms with Crippen LogP contribution in [0.5, 0.6) is 0 Å². The lowest BCUT2D eigenvalue weighted by atomic mass is 10.3. The molecule has 1 fully saturated rings. The molecule has 0 unspecified atom stereocenters. The third-order valence-electron chi connectivity index (χ3n) is 2.87. The van der Waals surface area contributed by atoms with Crippen molar-refractivity contribution in [3.63, 3.8) is 0 Å². The van der Waals surface area contributed by atoms with E-state index in [9.17, 15) is 13.2 Å². The molecule has 6 nitrogen and oxygen atoms in total. The maximum absolute atomic E-state index is 11.6. The molecule has 8 heteroatoms. The van der Waals surface area contributed by atoms with E-state index in [0.717, 1.165) is 12.8 Å². The minimum absolute atomic E-state index is 0.0225. The summed E-state index contributed by atoms with van der Waals surface area (Å²) in [7, 11) is -3.72. The number of thiazole rings is 1. The second kappa shape index (κ2) is 4.26. The molecule has 0 saturated heterocycles. The van der Waals surface area contributed by atoms with E-state index in [2.05, 4.69) is 10.3 Å². The van der Waals surface area contributed by atoms with Crippen LogP contribution < -0.4 is 10.5 Å². The van der Waals surface area contributed by atoms with Gasteiger partial charge in [-0.05, 0) is 31.0 Å². The molecule has 0 radical (unpaired) electrons. The average Bonchev–Trinajstić information content (AvgIpc) is 3.08. The smallest absolute Gasteiger partial charge is 0.238 e. The molecular formula is C11H11N3O3S2. The Morgan fingerprint density at radius 1 is 1.42 bits per heavy atom. The largest absolute Gasteiger partial charge is 0.302 e. The van der Waals surface area contributed by atoms with Gasteiger partial charge in [-0.3, -0.25) is 4.79 Å². The van der Waals surface area contributed by atoms with Gasteiger partial charge in [0.1, 0.15) is 0 Å². The van der Waals surface area contributed by atoms with Crippen LogP contribution in [0, 0.1) is 5.92 Å². The van der Waals surface area contributed by atoms with Crippen molar-refractivity contribution in [3.05, 3.63) is 18.2 Å². The van der Waals surface area contributed by atoms with Gasteiger partial charge >= 0.3 is 0 Å². The van der Waals surface area contributed by atoms with Crippen LogP contribution in [0.1, 0.15) is 12.8 Å². The van der Waals surface area contributed by atoms with Crippen molar-refractivity contribution in [2.24, 2.45) is 11.1 Å². The molecule has 1 aliphatic rings. The van der Waals surface area contributed by atoms with E-state index in [1.54, 1.807) is 6.07 Å². The predicted octanol–water partition coefficient (Wildman–Crippen LogP) is 1.29. The molecule has 1 aromatic carbocycles. The molecule has 0 atom stereocenters. The Morgan fingerprint density at radius 3 is 2.79 bits per heavy atom. The number of sulfonamides is 1. The van der Waals surface area contributed by atoms with Crippen LogP contribution in [0.15, 0.2) is 23.1 Å². The lowest BCUT2D eigenvalue weighted by Gasteiger charge is -1.96. The highest BCUT2D eigenvalue weighted by Gasteiger charge is 2.30. The summed E-state index contributed by atoms with van der Waals surface area (Å²) in [5.41, 5.74) is 0.642. The van der Waals surface area contributed by atoms with Gasteiger partial charge in [0.2, 0.25) is 15.9 Å². The third kappa shape index (κ3) is 2.60. The van der Waals surface area contributed by atoms with Gasteiger partial charge in [-0.1, -0.05) is 11.3 Å². The first-order valence-corrected chi connectivity index (χ1v) is 8.04. The summed E-state index contributed by atoms with van der Waals surface area (Å²) in [6.45, 7) is 0. The predicted molar refractivity (Wildman–Crippen MR) is 72.3 cm³/mol. The van der Waals surface area contributed by atoms with Gasteiger partial charge in [0.05, 0.1) is 15.1 Å². The lowest BCUT2D eigenvalue weighted by Crippen LogP contribution is -2.12. The van der Waals surface area contributed by atoms with Crippen molar-refractivity contribution in [1.29, 1.82) is 0 Å². The molecule has 100 valence electrons. The number of carbonyl (C=O) groups excluding carboxylic acids is 1. The summed E-state index contributed by atoms with van der Waals surface area (Å²) in [5.74, 6) is 0.0812. The quantitative estimate of drug-likeness (QED) is 0.891. The number of nitrogens with two attached hydrogens (primary N) is 1. The number of hydrogen-bond donors (Lipinski definition) is 2. The first-order chi connectivity index (χ1) is 8.93. The van der Waals surface area contributed by atoms with Crippen molar-refractivity contribution in [2.45, 2.75) is 17.7 Å². The van der Waals surface area contributed by atoms with Crippen molar-refractivity contribution in [1.82, 2.24) is 4.98 Å². The summed E-state index contributed by atoms with van der Waals surface area (Å²) in [5, 5.41) is 8.29. The SMILES string of the molecule is NS(=O)(=O)c1ccc2nc(NC(=O)C3CC3)sc2c1. The van der Waals surface area contributed by atoms with Gasteiger partial charge in [0.15, 0.2) is 5.13 Å². The summed E-state index contributed by atoms with van der Waals surface area (Å²) < 4.78 is 23.2. The number of aromatic nitrogens is 1. The molecule has 3 N–H and O–H groups in total. The lowest BCUT2D eigenvalue weighted by molar-refractivity contribution is -0.117. The van der Waals surface area contributed by atoms with Gasteiger partial charge in [0, 0.05) is 5.92 Å². The second-order valence-corrected chi connectivity index (χ2v) is 7.05. The second-order valence-electron chi connectivity index (χ2n) is 4.46. The molecule has 1 amide bonds. The number of anilines is 1. The maximum Gasteiger partial charge on any atom is 0.238 e. The van der Waals surface area contributed by atoms with Gasteiger partial charge < -0.3 is 5.32 Å². The van der Waals surface area contributed by atoms with Gasteiger partial charge in [-0.2, -0.15) is 0 Å². The molecule has 1 aliphatic carbocycles. The highest BCUT2D eigenvalue weighted by atomic mass is 32.2. The first-order valence-electron chi connectivity index (χ1n) is 5.68. The van der Waals surface area contributed by atoms with Crippen LogP contribution >= 0.6 is 11.3 Å². The Morgan fingerprint density at radius 2 is 2.16 bits per heavy atom. The number of rotatable bonds is 3. The Kier molecular flexibility index (Phi) is 2.80. The molecular weight excluding hydrogens is 286 g/mol. The first kappa shape index (κ1) is 12.5. The van der Waals surface area contributed by atoms with Gasteiger partial charge in [-0.15, -0.1) is 0 Å². The van der Waals surface area contributed by atoms with E-state index in [4.69, 9.17) is 5.14 Å². The molecule has 19 heavy (non-hydrogen) atoms. The fourth-order valence-corrected chi connectivity index (χ4v) is 3.21. The van der Waals surface area contributed by atoms with E-state index in [1.165, 1.54) is 23.5 Å². The highest BCUT2D eigenvalue weighted by Crippen LogP contribution is 2.32. The number of fused-ring (bicyclic) bond motifs is 1. The number of hydrogen-bond acceptors (Lipinski definition) is 5. The summed E-state index contributed by atoms with van der Waals surface area (Å²) in [4.78, 5) is 15.9. The fourth-order valence-electron chi connectivity index (χ4n) is 1.69. The zero-order valence-electron chi connectivity index (χ0n) is 9.79. The van der Waals surface area contributed by atoms with Gasteiger partial charge in [0.25, 0.3) is 0 Å². The molecule has 1 heterocycles. The molecule has 0 bridgehead atoms. The van der Waals surface area contributed by atoms with E-state index < -0.39 is 10.0 Å². The number of nitrogens with zero attached hydrogens (tertiary/aromatic N) is 1. The van der Waals surface area contributed by atoms with Crippen molar-refractivity contribution < 1.29 is 13.2 Å². The normalized spacial score (nSPS) is 15.6. The van der Waals surface area contributed by atoms with Crippen molar-refractivity contribution in [3.8, 4) is 0 Å². The molecule has 3 rings (SSSR count). The Balaban J connectivity index is 1.94. The topological polar surface area (TPSA) is 102 Å². The fraction of sp³-hybridized carbons (Fsp3) is 0.273. The molecule has 1 saturated carbocycles. The van der Waals surface area contributed by atoms with Crippen LogP contribution in [-0.2, 0) is 14.8 Å². The molecule has 0 spiro atoms. The van der Waals surface area contributed by atoms with E-state index in [-0.39, 0.29) is 16.7 Å². The van der Waals surface area contributed by atoms with Crippen LogP contribution in [-0.4, -0.2) is 19.3 Å². The monoisotopic (exact) mass is 297 g/mol. The highest BCUT2D eigenvalue weighted by molar-refractivity contribution is 7.89. The maximum atomic E-state index is 11.6. The van der Waals surface area contributed by atoms with E-state index in [0.29, 0.717) is 15.3 Å². The summed E-state index contributed by atoms with van der Waals surface area (Å²) >= 11 is 1.24. The molecule has 1 aromatic heterocycles. The third-order valence-corrected chi connectivity index (χ3v) is 4.71. The molecule has 2 aromatic rings. The average molecular weight is 297 g/mol. The molecule has 0 aliphatic heterocycles. The summed E-state index contributed by atoms with van der Waals surface area (Å²) in [6, 6.07) is 4.46. The van der Waals surface area contributed by atoms with Gasteiger partial charge in [-0.25, -0.2) is 18.5 Å². The Hall–Kier alpha value is -1.51. The minimum atomic E-state index is -3.72. The van der Waals surface area contributed by atoms with Crippen LogP contribution in [0.4, 0.5) is 5.13 Å². The van der Waals surface area contributed by atoms with Crippen molar-refractivity contribution in [2.75, 3.05) is 5.32 Å². The van der Waals surface area contributed by atoms with Crippen LogP contribution in [0.2, 0.25) is 0 Å². The van der Waals surface area contributed by atoms with Crippen LogP contribution in [0.3, 0.4) is 0 Å².